The van der Waals surface area contributed by atoms with Crippen LogP contribution < -0.4 is 5.32 Å². The normalized spacial score (nSPS) is 17.8. The summed E-state index contributed by atoms with van der Waals surface area (Å²) in [6, 6.07) is 23.0. The van der Waals surface area contributed by atoms with Gasteiger partial charge in [-0.1, -0.05) is 54.6 Å². The Kier molecular flexibility index (Phi) is 4.79. The van der Waals surface area contributed by atoms with Crippen LogP contribution in [0.15, 0.2) is 79.1 Å². The van der Waals surface area contributed by atoms with Gasteiger partial charge in [0.1, 0.15) is 5.82 Å². The molecule has 1 aromatic heterocycles. The van der Waals surface area contributed by atoms with Gasteiger partial charge in [-0.25, -0.2) is 9.37 Å². The van der Waals surface area contributed by atoms with E-state index in [0.717, 1.165) is 23.1 Å². The fourth-order valence-corrected chi connectivity index (χ4v) is 4.02. The third kappa shape index (κ3) is 3.71. The lowest BCUT2D eigenvalue weighted by molar-refractivity contribution is -0.122. The fraction of sp³-hybridized carbons (Fsp3) is 0.200. The number of nitrogens with one attached hydrogen (secondary N) is 1. The second kappa shape index (κ2) is 7.75. The summed E-state index contributed by atoms with van der Waals surface area (Å²) in [5.41, 5.74) is 4.98. The molecule has 0 aliphatic heterocycles. The molecule has 2 atom stereocenters. The van der Waals surface area contributed by atoms with E-state index in [1.54, 1.807) is 12.1 Å². The van der Waals surface area contributed by atoms with E-state index in [0.29, 0.717) is 18.5 Å². The lowest BCUT2D eigenvalue weighted by Crippen LogP contribution is -2.24. The summed E-state index contributed by atoms with van der Waals surface area (Å²) in [6.45, 7) is 1.23. The minimum absolute atomic E-state index is 0.00132. The molecule has 1 heterocycles. The number of halogens is 1. The first-order valence-electron chi connectivity index (χ1n) is 10.2. The molecule has 1 saturated carbocycles. The van der Waals surface area contributed by atoms with Crippen molar-refractivity contribution in [2.45, 2.75) is 25.4 Å². The maximum Gasteiger partial charge on any atom is 0.224 e. The van der Waals surface area contributed by atoms with Crippen molar-refractivity contribution < 1.29 is 9.18 Å². The van der Waals surface area contributed by atoms with E-state index in [9.17, 15) is 9.18 Å². The molecule has 0 radical (unpaired) electrons. The van der Waals surface area contributed by atoms with Crippen LogP contribution in [0, 0.1) is 11.7 Å². The summed E-state index contributed by atoms with van der Waals surface area (Å²) >= 11 is 0. The molecule has 0 bridgehead atoms. The quantitative estimate of drug-likeness (QED) is 0.513. The fourth-order valence-electron chi connectivity index (χ4n) is 4.02. The number of imidazole rings is 1. The maximum absolute atomic E-state index is 13.9. The van der Waals surface area contributed by atoms with E-state index in [-0.39, 0.29) is 23.6 Å². The van der Waals surface area contributed by atoms with Crippen LogP contribution in [0.4, 0.5) is 4.39 Å². The molecule has 5 heteroatoms. The van der Waals surface area contributed by atoms with Gasteiger partial charge in [-0.05, 0) is 47.2 Å². The minimum Gasteiger partial charge on any atom is -0.352 e. The Bertz CT molecular complexity index is 1200. The number of hydrogen-bond acceptors (Lipinski definition) is 2. The van der Waals surface area contributed by atoms with Crippen molar-refractivity contribution in [1.82, 2.24) is 14.9 Å². The largest absolute Gasteiger partial charge is 0.352 e. The first-order chi connectivity index (χ1) is 14.7. The molecule has 150 valence electrons. The van der Waals surface area contributed by atoms with E-state index < -0.39 is 0 Å². The molecule has 1 aliphatic rings. The molecule has 1 N–H and O–H groups in total. The lowest BCUT2D eigenvalue weighted by atomic mass is 10.1. The standard InChI is InChI=1S/C25H22FN3O/c26-22-6-2-1-5-19(22)20-13-21(20)25(30)27-14-17-9-11-18(12-10-17)15-29-16-28-23-7-3-4-8-24(23)29/h1-12,16,20-21H,13-15H2,(H,27,30). The number of carbonyl (C=O) groups is 1. The molecule has 4 aromatic rings. The molecule has 4 nitrogen and oxygen atoms in total. The number of rotatable bonds is 6. The molecule has 5 rings (SSSR count). The number of nitrogens with zero attached hydrogens (tertiary/aromatic N) is 2. The van der Waals surface area contributed by atoms with E-state index in [1.807, 2.05) is 42.7 Å². The van der Waals surface area contributed by atoms with Gasteiger partial charge in [-0.2, -0.15) is 0 Å². The van der Waals surface area contributed by atoms with Crippen LogP contribution in [0.2, 0.25) is 0 Å². The summed E-state index contributed by atoms with van der Waals surface area (Å²) in [5.74, 6) is -0.356. The average molecular weight is 399 g/mol. The van der Waals surface area contributed by atoms with Gasteiger partial charge in [-0.15, -0.1) is 0 Å². The number of aromatic nitrogens is 2. The summed E-state index contributed by atoms with van der Waals surface area (Å²) in [7, 11) is 0. The monoisotopic (exact) mass is 399 g/mol. The van der Waals surface area contributed by atoms with Crippen LogP contribution >= 0.6 is 0 Å². The highest BCUT2D eigenvalue weighted by Crippen LogP contribution is 2.48. The van der Waals surface area contributed by atoms with Gasteiger partial charge in [0.05, 0.1) is 17.4 Å². The smallest absolute Gasteiger partial charge is 0.224 e. The van der Waals surface area contributed by atoms with Crippen LogP contribution in [-0.4, -0.2) is 15.5 Å². The zero-order valence-corrected chi connectivity index (χ0v) is 16.5. The summed E-state index contributed by atoms with van der Waals surface area (Å²) < 4.78 is 16.0. The van der Waals surface area contributed by atoms with E-state index in [2.05, 4.69) is 33.1 Å². The summed E-state index contributed by atoms with van der Waals surface area (Å²) in [5, 5.41) is 2.99. The predicted molar refractivity (Wildman–Crippen MR) is 114 cm³/mol. The molecule has 0 spiro atoms. The topological polar surface area (TPSA) is 46.9 Å². The van der Waals surface area contributed by atoms with Gasteiger partial charge in [0.2, 0.25) is 5.91 Å². The van der Waals surface area contributed by atoms with Crippen LogP contribution in [0.1, 0.15) is 29.0 Å². The first kappa shape index (κ1) is 18.6. The molecule has 1 amide bonds. The number of fused-ring (bicyclic) bond motifs is 1. The summed E-state index contributed by atoms with van der Waals surface area (Å²) in [6.07, 6.45) is 2.57. The van der Waals surface area contributed by atoms with Crippen LogP contribution in [0.5, 0.6) is 0 Å². The first-order valence-corrected chi connectivity index (χ1v) is 10.2. The number of benzene rings is 3. The molecular weight excluding hydrogens is 377 g/mol. The van der Waals surface area contributed by atoms with Gasteiger partial charge >= 0.3 is 0 Å². The van der Waals surface area contributed by atoms with Gasteiger partial charge in [-0.3, -0.25) is 4.79 Å². The van der Waals surface area contributed by atoms with Crippen molar-refractivity contribution in [2.24, 2.45) is 5.92 Å². The highest BCUT2D eigenvalue weighted by atomic mass is 19.1. The van der Waals surface area contributed by atoms with Gasteiger partial charge in [0, 0.05) is 19.0 Å². The maximum atomic E-state index is 13.9. The molecule has 30 heavy (non-hydrogen) atoms. The second-order valence-electron chi connectivity index (χ2n) is 7.87. The van der Waals surface area contributed by atoms with Crippen LogP contribution in [0.25, 0.3) is 11.0 Å². The molecular formula is C25H22FN3O. The van der Waals surface area contributed by atoms with Crippen LogP contribution in [-0.2, 0) is 17.9 Å². The Labute approximate surface area is 174 Å². The Morgan fingerprint density at radius 3 is 2.57 bits per heavy atom. The molecule has 3 aromatic carbocycles. The lowest BCUT2D eigenvalue weighted by Gasteiger charge is -2.08. The van der Waals surface area contributed by atoms with Crippen LogP contribution in [0.3, 0.4) is 0 Å². The Balaban J connectivity index is 1.17. The van der Waals surface area contributed by atoms with Crippen molar-refractivity contribution in [3.05, 3.63) is 102 Å². The van der Waals surface area contributed by atoms with Gasteiger partial charge < -0.3 is 9.88 Å². The van der Waals surface area contributed by atoms with E-state index >= 15 is 0 Å². The van der Waals surface area contributed by atoms with Crippen molar-refractivity contribution in [3.63, 3.8) is 0 Å². The molecule has 0 saturated heterocycles. The Morgan fingerprint density at radius 1 is 1.00 bits per heavy atom. The van der Waals surface area contributed by atoms with Crippen molar-refractivity contribution in [1.29, 1.82) is 0 Å². The number of hydrogen-bond donors (Lipinski definition) is 1. The molecule has 1 aliphatic carbocycles. The Morgan fingerprint density at radius 2 is 1.73 bits per heavy atom. The van der Waals surface area contributed by atoms with Crippen molar-refractivity contribution in [2.75, 3.05) is 0 Å². The van der Waals surface area contributed by atoms with Crippen molar-refractivity contribution >= 4 is 16.9 Å². The van der Waals surface area contributed by atoms with E-state index in [4.69, 9.17) is 0 Å². The highest BCUT2D eigenvalue weighted by molar-refractivity contribution is 5.82. The van der Waals surface area contributed by atoms with Gasteiger partial charge in [0.25, 0.3) is 0 Å². The van der Waals surface area contributed by atoms with E-state index in [1.165, 1.54) is 11.6 Å². The summed E-state index contributed by atoms with van der Waals surface area (Å²) in [4.78, 5) is 16.9. The average Bonchev–Trinajstić information content (AvgIpc) is 3.47. The number of carbonyl (C=O) groups excluding carboxylic acids is 1. The number of para-hydroxylation sites is 2. The molecule has 2 unspecified atom stereocenters. The van der Waals surface area contributed by atoms with Crippen molar-refractivity contribution in [3.8, 4) is 0 Å². The Hall–Kier alpha value is -3.47. The zero-order valence-electron chi connectivity index (χ0n) is 16.5. The number of amides is 1. The predicted octanol–water partition coefficient (Wildman–Crippen LogP) is 4.64. The van der Waals surface area contributed by atoms with Gasteiger partial charge in [0.15, 0.2) is 0 Å². The molecule has 1 fully saturated rings. The highest BCUT2D eigenvalue weighted by Gasteiger charge is 2.44. The SMILES string of the molecule is O=C(NCc1ccc(Cn2cnc3ccccc32)cc1)C1CC1c1ccccc1F. The minimum atomic E-state index is -0.223. The zero-order chi connectivity index (χ0) is 20.5. The third-order valence-corrected chi connectivity index (χ3v) is 5.80. The second-order valence-corrected chi connectivity index (χ2v) is 7.87. The third-order valence-electron chi connectivity index (χ3n) is 5.80.